The fraction of sp³-hybridized carbons (Fsp3) is 0.292. The second-order valence-electron chi connectivity index (χ2n) is 8.15. The normalized spacial score (nSPS) is 14.7. The SMILES string of the molecule is Cc1ccc2[nH]c(=O)c([C@H](C(=O)Nc3ccc(C(C)C)cc3)N3CCC3=O)cc2c1. The summed E-state index contributed by atoms with van der Waals surface area (Å²) >= 11 is 0. The average molecular weight is 403 g/mol. The highest BCUT2D eigenvalue weighted by atomic mass is 16.2. The number of likely N-dealkylation sites (tertiary alicyclic amines) is 1. The molecule has 1 fully saturated rings. The molecule has 0 aliphatic carbocycles. The van der Waals surface area contributed by atoms with Crippen molar-refractivity contribution in [3.05, 3.63) is 75.6 Å². The van der Waals surface area contributed by atoms with Crippen LogP contribution in [0.2, 0.25) is 0 Å². The fourth-order valence-electron chi connectivity index (χ4n) is 3.76. The Morgan fingerprint density at radius 3 is 2.40 bits per heavy atom. The van der Waals surface area contributed by atoms with Crippen LogP contribution in [-0.2, 0) is 9.59 Å². The van der Waals surface area contributed by atoms with Crippen LogP contribution in [-0.4, -0.2) is 28.2 Å². The van der Waals surface area contributed by atoms with Gasteiger partial charge in [-0.25, -0.2) is 0 Å². The Kier molecular flexibility index (Phi) is 5.16. The second-order valence-corrected chi connectivity index (χ2v) is 8.15. The number of aryl methyl sites for hydroxylation is 1. The number of hydrogen-bond acceptors (Lipinski definition) is 3. The molecule has 6 heteroatoms. The first kappa shape index (κ1) is 19.9. The molecule has 1 atom stereocenters. The first-order chi connectivity index (χ1) is 14.3. The van der Waals surface area contributed by atoms with E-state index in [9.17, 15) is 14.4 Å². The molecule has 30 heavy (non-hydrogen) atoms. The molecule has 3 aromatic rings. The van der Waals surface area contributed by atoms with Gasteiger partial charge in [0.15, 0.2) is 0 Å². The van der Waals surface area contributed by atoms with E-state index in [1.807, 2.05) is 49.4 Å². The zero-order valence-corrected chi connectivity index (χ0v) is 17.4. The topological polar surface area (TPSA) is 82.3 Å². The van der Waals surface area contributed by atoms with E-state index in [0.717, 1.165) is 10.9 Å². The van der Waals surface area contributed by atoms with E-state index in [4.69, 9.17) is 0 Å². The minimum Gasteiger partial charge on any atom is -0.326 e. The van der Waals surface area contributed by atoms with Crippen LogP contribution in [0.25, 0.3) is 10.9 Å². The fourth-order valence-corrected chi connectivity index (χ4v) is 3.76. The lowest BCUT2D eigenvalue weighted by molar-refractivity contribution is -0.147. The number of benzene rings is 2. The Morgan fingerprint density at radius 1 is 1.07 bits per heavy atom. The number of aromatic nitrogens is 1. The number of fused-ring (bicyclic) bond motifs is 1. The van der Waals surface area contributed by atoms with E-state index < -0.39 is 11.9 Å². The van der Waals surface area contributed by atoms with Crippen LogP contribution in [0, 0.1) is 6.92 Å². The van der Waals surface area contributed by atoms with Gasteiger partial charge in [0.2, 0.25) is 5.91 Å². The van der Waals surface area contributed by atoms with Crippen LogP contribution in [0.1, 0.15) is 48.9 Å². The summed E-state index contributed by atoms with van der Waals surface area (Å²) in [5.41, 5.74) is 3.47. The van der Waals surface area contributed by atoms with Crippen LogP contribution in [0.3, 0.4) is 0 Å². The number of nitrogens with one attached hydrogen (secondary N) is 2. The Bertz CT molecular complexity index is 1180. The van der Waals surface area contributed by atoms with Gasteiger partial charge < -0.3 is 15.2 Å². The van der Waals surface area contributed by atoms with Crippen molar-refractivity contribution in [2.75, 3.05) is 11.9 Å². The lowest BCUT2D eigenvalue weighted by Gasteiger charge is -2.37. The summed E-state index contributed by atoms with van der Waals surface area (Å²) in [6.07, 6.45) is 0.386. The summed E-state index contributed by atoms with van der Waals surface area (Å²) in [4.78, 5) is 42.5. The molecular formula is C24H25N3O3. The smallest absolute Gasteiger partial charge is 0.254 e. The number of amides is 2. The first-order valence-corrected chi connectivity index (χ1v) is 10.2. The predicted molar refractivity (Wildman–Crippen MR) is 118 cm³/mol. The van der Waals surface area contributed by atoms with Gasteiger partial charge in [-0.2, -0.15) is 0 Å². The van der Waals surface area contributed by atoms with E-state index in [2.05, 4.69) is 24.1 Å². The van der Waals surface area contributed by atoms with Gasteiger partial charge in [0.25, 0.3) is 11.5 Å². The summed E-state index contributed by atoms with van der Waals surface area (Å²) in [5.74, 6) is -0.132. The maximum absolute atomic E-state index is 13.2. The van der Waals surface area contributed by atoms with Crippen molar-refractivity contribution in [1.82, 2.24) is 9.88 Å². The molecule has 4 rings (SSSR count). The van der Waals surface area contributed by atoms with Crippen LogP contribution >= 0.6 is 0 Å². The van der Waals surface area contributed by atoms with Crippen LogP contribution < -0.4 is 10.9 Å². The highest BCUT2D eigenvalue weighted by molar-refractivity contribution is 5.99. The number of rotatable bonds is 5. The molecule has 1 aliphatic rings. The minimum atomic E-state index is -0.968. The summed E-state index contributed by atoms with van der Waals surface area (Å²) < 4.78 is 0. The maximum Gasteiger partial charge on any atom is 0.254 e. The minimum absolute atomic E-state index is 0.131. The Morgan fingerprint density at radius 2 is 1.80 bits per heavy atom. The molecule has 1 aliphatic heterocycles. The molecule has 2 aromatic carbocycles. The van der Waals surface area contributed by atoms with Gasteiger partial charge in [0.1, 0.15) is 6.04 Å². The molecule has 1 aromatic heterocycles. The van der Waals surface area contributed by atoms with Gasteiger partial charge in [-0.15, -0.1) is 0 Å². The van der Waals surface area contributed by atoms with Crippen molar-refractivity contribution >= 4 is 28.4 Å². The van der Waals surface area contributed by atoms with Crippen LogP contribution in [0.5, 0.6) is 0 Å². The zero-order valence-electron chi connectivity index (χ0n) is 17.4. The van der Waals surface area contributed by atoms with Crippen LogP contribution in [0.15, 0.2) is 53.3 Å². The van der Waals surface area contributed by atoms with Gasteiger partial charge in [-0.3, -0.25) is 14.4 Å². The largest absolute Gasteiger partial charge is 0.326 e. The van der Waals surface area contributed by atoms with E-state index >= 15 is 0 Å². The summed E-state index contributed by atoms with van der Waals surface area (Å²) in [6.45, 7) is 6.63. The number of nitrogens with zero attached hydrogens (tertiary/aromatic N) is 1. The molecule has 0 unspecified atom stereocenters. The Balaban J connectivity index is 1.71. The first-order valence-electron chi connectivity index (χ1n) is 10.2. The number of β-lactam (4-membered cyclic amide) rings is 1. The average Bonchev–Trinajstić information content (AvgIpc) is 2.71. The predicted octanol–water partition coefficient (Wildman–Crippen LogP) is 3.87. The number of anilines is 1. The number of pyridine rings is 1. The highest BCUT2D eigenvalue weighted by Crippen LogP contribution is 2.28. The molecule has 0 spiro atoms. The number of H-pyrrole nitrogens is 1. The lowest BCUT2D eigenvalue weighted by atomic mass is 9.99. The monoisotopic (exact) mass is 403 g/mol. The number of aromatic amines is 1. The summed E-state index contributed by atoms with van der Waals surface area (Å²) in [7, 11) is 0. The van der Waals surface area contributed by atoms with Crippen molar-refractivity contribution in [3.8, 4) is 0 Å². The maximum atomic E-state index is 13.2. The second kappa shape index (κ2) is 7.78. The van der Waals surface area contributed by atoms with Gasteiger partial charge in [0, 0.05) is 29.7 Å². The standard InChI is InChI=1S/C24H25N3O3/c1-14(2)16-5-7-18(8-6-16)25-24(30)22(27-11-10-21(27)28)19-13-17-12-15(3)4-9-20(17)26-23(19)29/h4-9,12-14,22H,10-11H2,1-3H3,(H,25,30)(H,26,29)/t22-/m1/s1. The van der Waals surface area contributed by atoms with E-state index in [0.29, 0.717) is 30.1 Å². The van der Waals surface area contributed by atoms with Crippen molar-refractivity contribution in [3.63, 3.8) is 0 Å². The quantitative estimate of drug-likeness (QED) is 0.635. The van der Waals surface area contributed by atoms with Crippen molar-refractivity contribution in [1.29, 1.82) is 0 Å². The Hall–Kier alpha value is -3.41. The van der Waals surface area contributed by atoms with E-state index in [-0.39, 0.29) is 17.0 Å². The molecule has 2 N–H and O–H groups in total. The molecule has 0 bridgehead atoms. The molecule has 154 valence electrons. The number of hydrogen-bond donors (Lipinski definition) is 2. The van der Waals surface area contributed by atoms with Crippen molar-refractivity contribution < 1.29 is 9.59 Å². The van der Waals surface area contributed by atoms with Gasteiger partial charge in [-0.05, 0) is 54.1 Å². The summed E-state index contributed by atoms with van der Waals surface area (Å²) in [5, 5.41) is 3.71. The van der Waals surface area contributed by atoms with Gasteiger partial charge >= 0.3 is 0 Å². The third-order valence-corrected chi connectivity index (χ3v) is 5.61. The van der Waals surface area contributed by atoms with Crippen molar-refractivity contribution in [2.45, 2.75) is 39.2 Å². The highest BCUT2D eigenvalue weighted by Gasteiger charge is 2.38. The molecule has 2 heterocycles. The number of carbonyl (C=O) groups is 2. The third kappa shape index (κ3) is 3.73. The van der Waals surface area contributed by atoms with Gasteiger partial charge in [-0.1, -0.05) is 37.6 Å². The molecule has 2 amide bonds. The molecule has 1 saturated heterocycles. The summed E-state index contributed by atoms with van der Waals surface area (Å²) in [6, 6.07) is 14.1. The molecular weight excluding hydrogens is 378 g/mol. The molecule has 0 saturated carbocycles. The molecule has 6 nitrogen and oxygen atoms in total. The van der Waals surface area contributed by atoms with E-state index in [1.165, 1.54) is 10.5 Å². The van der Waals surface area contributed by atoms with E-state index in [1.54, 1.807) is 6.07 Å². The third-order valence-electron chi connectivity index (χ3n) is 5.61. The zero-order chi connectivity index (χ0) is 21.4. The Labute approximate surface area is 174 Å². The number of carbonyl (C=O) groups excluding carboxylic acids is 2. The lowest BCUT2D eigenvalue weighted by Crippen LogP contribution is -2.50. The van der Waals surface area contributed by atoms with Gasteiger partial charge in [0.05, 0.1) is 0 Å². The van der Waals surface area contributed by atoms with Crippen LogP contribution in [0.4, 0.5) is 5.69 Å². The molecule has 0 radical (unpaired) electrons. The van der Waals surface area contributed by atoms with Crippen molar-refractivity contribution in [2.24, 2.45) is 0 Å².